The predicted molar refractivity (Wildman–Crippen MR) is 103 cm³/mol. The molecule has 0 aliphatic heterocycles. The van der Waals surface area contributed by atoms with Crippen molar-refractivity contribution in [2.45, 2.75) is 0 Å². The normalized spacial score (nSPS) is 12.8. The first kappa shape index (κ1) is 17.2. The number of nitrogens with zero attached hydrogens (tertiary/aromatic N) is 2. The fourth-order valence-corrected chi connectivity index (χ4v) is 3.59. The minimum Gasteiger partial charge on any atom is -0.506 e. The van der Waals surface area contributed by atoms with Gasteiger partial charge in [-0.15, -0.1) is 0 Å². The Morgan fingerprint density at radius 1 is 0.931 bits per heavy atom. The van der Waals surface area contributed by atoms with Crippen LogP contribution in [-0.2, 0) is 0 Å². The monoisotopic (exact) mass is 392 g/mol. The van der Waals surface area contributed by atoms with Crippen LogP contribution in [0.5, 0.6) is 0 Å². The number of aromatic nitrogens is 2. The Morgan fingerprint density at radius 2 is 1.62 bits per heavy atom. The topological polar surface area (TPSA) is 54.6 Å². The number of hydrogen-bond donors (Lipinski definition) is 1. The highest BCUT2D eigenvalue weighted by atomic mass is 19.2. The Kier molecular flexibility index (Phi) is 3.61. The molecule has 0 fully saturated rings. The van der Waals surface area contributed by atoms with E-state index in [-0.39, 0.29) is 16.6 Å². The molecule has 0 unspecified atom stereocenters. The zero-order valence-electron chi connectivity index (χ0n) is 14.7. The molecule has 5 rings (SSSR count). The van der Waals surface area contributed by atoms with Crippen LogP contribution in [0.25, 0.3) is 33.3 Å². The molecule has 0 aliphatic carbocycles. The summed E-state index contributed by atoms with van der Waals surface area (Å²) in [4.78, 5) is 17.5. The summed E-state index contributed by atoms with van der Waals surface area (Å²) >= 11 is 0. The predicted octanol–water partition coefficient (Wildman–Crippen LogP) is 3.85. The van der Waals surface area contributed by atoms with Gasteiger partial charge in [0.15, 0.2) is 23.1 Å². The van der Waals surface area contributed by atoms with Gasteiger partial charge in [0.2, 0.25) is 5.43 Å². The number of para-hydroxylation sites is 2. The van der Waals surface area contributed by atoms with Crippen molar-refractivity contribution in [3.05, 3.63) is 99.1 Å². The van der Waals surface area contributed by atoms with Gasteiger partial charge in [-0.1, -0.05) is 42.5 Å². The van der Waals surface area contributed by atoms with Crippen molar-refractivity contribution < 1.29 is 18.3 Å². The first-order chi connectivity index (χ1) is 14.0. The molecule has 2 heterocycles. The molecule has 0 radical (unpaired) electrons. The van der Waals surface area contributed by atoms with Crippen LogP contribution in [0.3, 0.4) is 0 Å². The summed E-state index contributed by atoms with van der Waals surface area (Å²) in [5, 5.41) is 10.2. The lowest BCUT2D eigenvalue weighted by Gasteiger charge is -2.08. The third kappa shape index (κ3) is 2.34. The molecule has 0 saturated heterocycles. The molecule has 3 aromatic carbocycles. The highest BCUT2D eigenvalue weighted by Gasteiger charge is 2.23. The molecule has 5 aromatic rings. The minimum atomic E-state index is -1.68. The minimum absolute atomic E-state index is 0.0463. The molecule has 2 aromatic heterocycles. The van der Waals surface area contributed by atoms with Gasteiger partial charge in [0, 0.05) is 5.56 Å². The van der Waals surface area contributed by atoms with Crippen molar-refractivity contribution in [3.63, 3.8) is 0 Å². The number of aliphatic hydroxyl groups excluding tert-OH is 1. The van der Waals surface area contributed by atoms with E-state index in [1.54, 1.807) is 54.6 Å². The van der Waals surface area contributed by atoms with Crippen LogP contribution >= 0.6 is 0 Å². The zero-order chi connectivity index (χ0) is 20.3. The molecule has 0 saturated carbocycles. The maximum atomic E-state index is 14.8. The molecule has 1 N–H and O–H groups in total. The van der Waals surface area contributed by atoms with Crippen LogP contribution in [0, 0.1) is 17.5 Å². The van der Waals surface area contributed by atoms with Crippen LogP contribution in [0.1, 0.15) is 5.56 Å². The van der Waals surface area contributed by atoms with Gasteiger partial charge in [-0.2, -0.15) is 0 Å². The van der Waals surface area contributed by atoms with Crippen LogP contribution in [0.2, 0.25) is 0 Å². The third-order valence-electron chi connectivity index (χ3n) is 4.90. The van der Waals surface area contributed by atoms with E-state index >= 15 is 0 Å². The Labute approximate surface area is 160 Å². The Bertz CT molecular complexity index is 1560. The highest BCUT2D eigenvalue weighted by molar-refractivity contribution is 5.92. The van der Waals surface area contributed by atoms with Gasteiger partial charge in [-0.3, -0.25) is 9.20 Å². The van der Waals surface area contributed by atoms with Gasteiger partial charge >= 0.3 is 0 Å². The van der Waals surface area contributed by atoms with Crippen LogP contribution in [0.15, 0.2) is 65.5 Å². The largest absolute Gasteiger partial charge is 0.506 e. The third-order valence-corrected chi connectivity index (χ3v) is 4.90. The van der Waals surface area contributed by atoms with Crippen LogP contribution < -0.4 is 10.6 Å². The number of fused-ring (bicyclic) bond motifs is 5. The maximum Gasteiger partial charge on any atom is 0.202 e. The van der Waals surface area contributed by atoms with Crippen molar-refractivity contribution in [1.29, 1.82) is 0 Å². The van der Waals surface area contributed by atoms with Gasteiger partial charge in [0.1, 0.15) is 11.0 Å². The number of hydrogen-bond acceptors (Lipinski definition) is 3. The van der Waals surface area contributed by atoms with Crippen molar-refractivity contribution in [1.82, 2.24) is 9.38 Å². The molecule has 29 heavy (non-hydrogen) atoms. The van der Waals surface area contributed by atoms with Crippen molar-refractivity contribution >= 4 is 33.3 Å². The van der Waals surface area contributed by atoms with Gasteiger partial charge in [-0.25, -0.2) is 18.2 Å². The van der Waals surface area contributed by atoms with Gasteiger partial charge in [0.25, 0.3) is 0 Å². The summed E-state index contributed by atoms with van der Waals surface area (Å²) in [6.07, 6.45) is 0. The van der Waals surface area contributed by atoms with E-state index in [0.717, 1.165) is 0 Å². The number of rotatable bonds is 1. The SMILES string of the molecule is O=c1/c(=C(\O)c2ccccc2)c2nc3ccccc3n2c2c(F)c(F)c(F)cc12. The van der Waals surface area contributed by atoms with Crippen molar-refractivity contribution in [2.24, 2.45) is 0 Å². The molecule has 0 aliphatic rings. The standard InChI is InChI=1S/C22H11F3N2O2/c23-13-10-12-19(18(25)17(13)24)27-15-9-5-4-8-14(15)26-22(27)16(21(12)29)20(28)11-6-2-1-3-7-11/h1-10,28H/b20-16+. The van der Waals surface area contributed by atoms with Crippen molar-refractivity contribution in [3.8, 4) is 0 Å². The summed E-state index contributed by atoms with van der Waals surface area (Å²) in [7, 11) is 0. The quantitative estimate of drug-likeness (QED) is 0.441. The second-order valence-corrected chi connectivity index (χ2v) is 6.56. The average Bonchev–Trinajstić information content (AvgIpc) is 3.11. The van der Waals surface area contributed by atoms with E-state index in [0.29, 0.717) is 22.7 Å². The average molecular weight is 392 g/mol. The molecule has 0 spiro atoms. The number of benzene rings is 3. The molecule has 142 valence electrons. The fourth-order valence-electron chi connectivity index (χ4n) is 3.59. The fraction of sp³-hybridized carbons (Fsp3) is 0. The molecule has 0 bridgehead atoms. The Balaban J connectivity index is 2.18. The van der Waals surface area contributed by atoms with Gasteiger partial charge in [-0.05, 0) is 18.2 Å². The number of aliphatic hydroxyl groups is 1. The molecule has 0 amide bonds. The Morgan fingerprint density at radius 3 is 2.38 bits per heavy atom. The summed E-state index contributed by atoms with van der Waals surface area (Å²) in [6.45, 7) is 0. The molecule has 7 heteroatoms. The Hall–Kier alpha value is -3.87. The summed E-state index contributed by atoms with van der Waals surface area (Å²) in [5.41, 5.74) is -0.190. The molecular formula is C22H11F3N2O2. The lowest BCUT2D eigenvalue weighted by Crippen LogP contribution is -2.31. The second kappa shape index (κ2) is 6.07. The smallest absolute Gasteiger partial charge is 0.202 e. The first-order valence-corrected chi connectivity index (χ1v) is 8.68. The number of halogens is 3. The van der Waals surface area contributed by atoms with Crippen LogP contribution in [-0.4, -0.2) is 14.5 Å². The summed E-state index contributed by atoms with van der Waals surface area (Å²) in [6, 6.07) is 15.5. The van der Waals surface area contributed by atoms with E-state index in [1.807, 2.05) is 0 Å². The van der Waals surface area contributed by atoms with Crippen molar-refractivity contribution in [2.75, 3.05) is 0 Å². The lowest BCUT2D eigenvalue weighted by atomic mass is 10.1. The zero-order valence-corrected chi connectivity index (χ0v) is 14.7. The van der Waals surface area contributed by atoms with E-state index < -0.39 is 33.8 Å². The van der Waals surface area contributed by atoms with Crippen LogP contribution in [0.4, 0.5) is 13.2 Å². The van der Waals surface area contributed by atoms with E-state index in [4.69, 9.17) is 0 Å². The summed E-state index contributed by atoms with van der Waals surface area (Å²) < 4.78 is 43.9. The second-order valence-electron chi connectivity index (χ2n) is 6.56. The summed E-state index contributed by atoms with van der Waals surface area (Å²) in [5.74, 6) is -5.04. The van der Waals surface area contributed by atoms with E-state index in [9.17, 15) is 23.1 Å². The molecular weight excluding hydrogens is 381 g/mol. The molecule has 4 nitrogen and oxygen atoms in total. The lowest BCUT2D eigenvalue weighted by molar-refractivity contribution is 0.452. The molecule has 0 atom stereocenters. The number of imidazole rings is 1. The van der Waals surface area contributed by atoms with E-state index in [2.05, 4.69) is 4.98 Å². The highest BCUT2D eigenvalue weighted by Crippen LogP contribution is 2.25. The van der Waals surface area contributed by atoms with Gasteiger partial charge < -0.3 is 5.11 Å². The maximum absolute atomic E-state index is 14.8. The number of pyridine rings is 1. The first-order valence-electron chi connectivity index (χ1n) is 8.68. The van der Waals surface area contributed by atoms with E-state index in [1.165, 1.54) is 4.40 Å². The van der Waals surface area contributed by atoms with Gasteiger partial charge in [0.05, 0.1) is 21.9 Å².